The Morgan fingerprint density at radius 1 is 1.20 bits per heavy atom. The molecule has 0 radical (unpaired) electrons. The third-order valence-electron chi connectivity index (χ3n) is 5.04. The molecule has 1 aromatic carbocycles. The molecule has 0 spiro atoms. The van der Waals surface area contributed by atoms with Crippen LogP contribution >= 0.6 is 0 Å². The molecule has 1 aliphatic heterocycles. The van der Waals surface area contributed by atoms with Crippen molar-refractivity contribution in [3.8, 4) is 0 Å². The van der Waals surface area contributed by atoms with E-state index in [2.05, 4.69) is 48.9 Å². The van der Waals surface area contributed by atoms with E-state index in [1.165, 1.54) is 11.1 Å². The largest absolute Gasteiger partial charge is 0.298 e. The van der Waals surface area contributed by atoms with Crippen molar-refractivity contribution in [1.29, 1.82) is 0 Å². The molecule has 0 N–H and O–H groups in total. The molecule has 3 heteroatoms. The second-order valence-electron chi connectivity index (χ2n) is 8.13. The van der Waals surface area contributed by atoms with Crippen molar-refractivity contribution in [2.45, 2.75) is 45.6 Å². The SMILES string of the molecule is CC(C)(C)c1ccc(C(=O)[C@H]2CCCN(Cc3cccnc3)C2)cc1. The summed E-state index contributed by atoms with van der Waals surface area (Å²) in [6.45, 7) is 9.36. The van der Waals surface area contributed by atoms with Crippen molar-refractivity contribution >= 4 is 5.78 Å². The number of ketones is 1. The molecule has 3 rings (SSSR count). The lowest BCUT2D eigenvalue weighted by Gasteiger charge is -2.32. The van der Waals surface area contributed by atoms with Gasteiger partial charge in [0.15, 0.2) is 5.78 Å². The van der Waals surface area contributed by atoms with Crippen LogP contribution in [0.3, 0.4) is 0 Å². The summed E-state index contributed by atoms with van der Waals surface area (Å²) < 4.78 is 0. The number of piperidine rings is 1. The second-order valence-corrected chi connectivity index (χ2v) is 8.13. The van der Waals surface area contributed by atoms with E-state index < -0.39 is 0 Å². The number of likely N-dealkylation sites (tertiary alicyclic amines) is 1. The Balaban J connectivity index is 1.65. The standard InChI is InChI=1S/C22H28N2O/c1-22(2,3)20-10-8-18(9-11-20)21(25)19-7-5-13-24(16-19)15-17-6-4-12-23-14-17/h4,6,8-12,14,19H,5,7,13,15-16H2,1-3H3/t19-/m0/s1. The Morgan fingerprint density at radius 3 is 2.60 bits per heavy atom. The maximum absolute atomic E-state index is 12.9. The van der Waals surface area contributed by atoms with Crippen LogP contribution in [0.4, 0.5) is 0 Å². The number of benzene rings is 1. The first-order valence-corrected chi connectivity index (χ1v) is 9.19. The highest BCUT2D eigenvalue weighted by Gasteiger charge is 2.27. The lowest BCUT2D eigenvalue weighted by atomic mass is 9.85. The van der Waals surface area contributed by atoms with Gasteiger partial charge >= 0.3 is 0 Å². The first kappa shape index (κ1) is 17.8. The minimum atomic E-state index is 0.103. The van der Waals surface area contributed by atoms with Gasteiger partial charge in [0.25, 0.3) is 0 Å². The monoisotopic (exact) mass is 336 g/mol. The van der Waals surface area contributed by atoms with Crippen LogP contribution in [0.15, 0.2) is 48.8 Å². The van der Waals surface area contributed by atoms with Crippen LogP contribution < -0.4 is 0 Å². The number of pyridine rings is 1. The van der Waals surface area contributed by atoms with E-state index >= 15 is 0 Å². The average molecular weight is 336 g/mol. The van der Waals surface area contributed by atoms with Crippen molar-refractivity contribution in [2.24, 2.45) is 5.92 Å². The quantitative estimate of drug-likeness (QED) is 0.772. The van der Waals surface area contributed by atoms with Crippen molar-refractivity contribution in [2.75, 3.05) is 13.1 Å². The summed E-state index contributed by atoms with van der Waals surface area (Å²) in [5.41, 5.74) is 3.45. The number of aromatic nitrogens is 1. The number of carbonyl (C=O) groups is 1. The fourth-order valence-corrected chi connectivity index (χ4v) is 3.53. The van der Waals surface area contributed by atoms with Gasteiger partial charge in [-0.05, 0) is 42.0 Å². The van der Waals surface area contributed by atoms with Crippen LogP contribution in [0.25, 0.3) is 0 Å². The Morgan fingerprint density at radius 2 is 1.96 bits per heavy atom. The summed E-state index contributed by atoms with van der Waals surface area (Å²) in [6.07, 6.45) is 5.78. The van der Waals surface area contributed by atoms with Crippen LogP contribution in [0, 0.1) is 5.92 Å². The third kappa shape index (κ3) is 4.55. The molecule has 1 aliphatic rings. The topological polar surface area (TPSA) is 33.2 Å². The predicted molar refractivity (Wildman–Crippen MR) is 102 cm³/mol. The van der Waals surface area contributed by atoms with E-state index in [1.54, 1.807) is 6.20 Å². The van der Waals surface area contributed by atoms with Gasteiger partial charge in [0.2, 0.25) is 0 Å². The molecule has 1 atom stereocenters. The summed E-state index contributed by atoms with van der Waals surface area (Å²) in [5, 5.41) is 0. The third-order valence-corrected chi connectivity index (χ3v) is 5.04. The zero-order valence-corrected chi connectivity index (χ0v) is 15.5. The van der Waals surface area contributed by atoms with Crippen molar-refractivity contribution in [1.82, 2.24) is 9.88 Å². The number of carbonyl (C=O) groups excluding carboxylic acids is 1. The van der Waals surface area contributed by atoms with Gasteiger partial charge in [0, 0.05) is 37.0 Å². The fraction of sp³-hybridized carbons (Fsp3) is 0.455. The van der Waals surface area contributed by atoms with Crippen molar-refractivity contribution in [3.05, 3.63) is 65.5 Å². The normalized spacial score (nSPS) is 18.9. The Kier molecular flexibility index (Phi) is 5.33. The minimum absolute atomic E-state index is 0.103. The Bertz CT molecular complexity index is 701. The highest BCUT2D eigenvalue weighted by atomic mass is 16.1. The van der Waals surface area contributed by atoms with Gasteiger partial charge in [-0.25, -0.2) is 0 Å². The van der Waals surface area contributed by atoms with Gasteiger partial charge in [-0.3, -0.25) is 14.7 Å². The molecule has 132 valence electrons. The van der Waals surface area contributed by atoms with Crippen molar-refractivity contribution < 1.29 is 4.79 Å². The lowest BCUT2D eigenvalue weighted by Crippen LogP contribution is -2.38. The van der Waals surface area contributed by atoms with Crippen LogP contribution in [-0.4, -0.2) is 28.8 Å². The molecule has 0 unspecified atom stereocenters. The van der Waals surface area contributed by atoms with Crippen LogP contribution in [0.2, 0.25) is 0 Å². The molecule has 0 saturated carbocycles. The van der Waals surface area contributed by atoms with Gasteiger partial charge in [-0.2, -0.15) is 0 Å². The fourth-order valence-electron chi connectivity index (χ4n) is 3.53. The summed E-state index contributed by atoms with van der Waals surface area (Å²) in [4.78, 5) is 19.5. The molecule has 3 nitrogen and oxygen atoms in total. The molecule has 0 amide bonds. The van der Waals surface area contributed by atoms with Gasteiger partial charge in [0.1, 0.15) is 0 Å². The first-order valence-electron chi connectivity index (χ1n) is 9.19. The van der Waals surface area contributed by atoms with E-state index in [9.17, 15) is 4.79 Å². The molecule has 2 aromatic rings. The number of hydrogen-bond donors (Lipinski definition) is 0. The molecular formula is C22H28N2O. The number of nitrogens with zero attached hydrogens (tertiary/aromatic N) is 2. The second kappa shape index (κ2) is 7.49. The zero-order chi connectivity index (χ0) is 17.9. The molecule has 25 heavy (non-hydrogen) atoms. The molecule has 0 aliphatic carbocycles. The maximum Gasteiger partial charge on any atom is 0.167 e. The van der Waals surface area contributed by atoms with E-state index in [0.717, 1.165) is 38.0 Å². The molecule has 2 heterocycles. The highest BCUT2D eigenvalue weighted by Crippen LogP contribution is 2.25. The highest BCUT2D eigenvalue weighted by molar-refractivity contribution is 5.98. The first-order chi connectivity index (χ1) is 11.9. The molecule has 0 bridgehead atoms. The smallest absolute Gasteiger partial charge is 0.167 e. The van der Waals surface area contributed by atoms with E-state index in [0.29, 0.717) is 0 Å². The van der Waals surface area contributed by atoms with Gasteiger partial charge in [-0.15, -0.1) is 0 Å². The molecular weight excluding hydrogens is 308 g/mol. The van der Waals surface area contributed by atoms with E-state index in [4.69, 9.17) is 0 Å². The molecule has 1 aromatic heterocycles. The summed E-state index contributed by atoms with van der Waals surface area (Å²) >= 11 is 0. The van der Waals surface area contributed by atoms with Crippen LogP contribution in [-0.2, 0) is 12.0 Å². The van der Waals surface area contributed by atoms with Crippen LogP contribution in [0.1, 0.15) is 55.1 Å². The van der Waals surface area contributed by atoms with E-state index in [-0.39, 0.29) is 17.1 Å². The summed E-state index contributed by atoms with van der Waals surface area (Å²) in [7, 11) is 0. The van der Waals surface area contributed by atoms with Gasteiger partial charge < -0.3 is 0 Å². The number of hydrogen-bond acceptors (Lipinski definition) is 3. The predicted octanol–water partition coefficient (Wildman–Crippen LogP) is 4.47. The minimum Gasteiger partial charge on any atom is -0.298 e. The summed E-state index contributed by atoms with van der Waals surface area (Å²) in [5.74, 6) is 0.391. The van der Waals surface area contributed by atoms with Gasteiger partial charge in [0.05, 0.1) is 0 Å². The lowest BCUT2D eigenvalue weighted by molar-refractivity contribution is 0.0811. The van der Waals surface area contributed by atoms with E-state index in [1.807, 2.05) is 24.4 Å². The summed E-state index contributed by atoms with van der Waals surface area (Å²) in [6, 6.07) is 12.3. The Labute approximate surface area is 151 Å². The molecule has 1 fully saturated rings. The van der Waals surface area contributed by atoms with Crippen LogP contribution in [0.5, 0.6) is 0 Å². The number of Topliss-reactive ketones (excluding diaryl/α,β-unsaturated/α-hetero) is 1. The Hall–Kier alpha value is -2.00. The van der Waals surface area contributed by atoms with Gasteiger partial charge in [-0.1, -0.05) is 51.1 Å². The maximum atomic E-state index is 12.9. The number of rotatable bonds is 4. The van der Waals surface area contributed by atoms with Crippen molar-refractivity contribution in [3.63, 3.8) is 0 Å². The zero-order valence-electron chi connectivity index (χ0n) is 15.5. The average Bonchev–Trinajstić information content (AvgIpc) is 2.61. The molecule has 1 saturated heterocycles.